The molecule has 5 heteroatoms. The number of hydrogen-bond donors (Lipinski definition) is 2. The van der Waals surface area contributed by atoms with E-state index in [2.05, 4.69) is 38.4 Å². The largest absolute Gasteiger partial charge is 0.375 e. The van der Waals surface area contributed by atoms with Crippen LogP contribution in [0.15, 0.2) is 47.1 Å². The van der Waals surface area contributed by atoms with E-state index in [1.165, 1.54) is 11.6 Å². The summed E-state index contributed by atoms with van der Waals surface area (Å²) in [6.07, 6.45) is 2.97. The average molecular weight is 387 g/mol. The van der Waals surface area contributed by atoms with E-state index in [0.717, 1.165) is 34.0 Å². The maximum atomic E-state index is 14.4. The minimum Gasteiger partial charge on any atom is -0.375 e. The van der Waals surface area contributed by atoms with E-state index in [1.54, 1.807) is 6.07 Å². The molecule has 122 valence electrons. The van der Waals surface area contributed by atoms with Gasteiger partial charge in [0.2, 0.25) is 0 Å². The topological polar surface area (TPSA) is 37.0 Å². The summed E-state index contributed by atoms with van der Waals surface area (Å²) in [7, 11) is 0. The van der Waals surface area contributed by atoms with E-state index in [9.17, 15) is 4.39 Å². The van der Waals surface area contributed by atoms with Gasteiger partial charge >= 0.3 is 0 Å². The van der Waals surface area contributed by atoms with Crippen molar-refractivity contribution >= 4 is 32.5 Å². The van der Waals surface area contributed by atoms with Crippen molar-refractivity contribution in [1.82, 2.24) is 4.98 Å². The summed E-state index contributed by atoms with van der Waals surface area (Å²) in [6.45, 7) is 0.718. The first-order valence-corrected chi connectivity index (χ1v) is 8.95. The molecule has 0 spiro atoms. The molecule has 1 aromatic heterocycles. The predicted molar refractivity (Wildman–Crippen MR) is 95.6 cm³/mol. The summed E-state index contributed by atoms with van der Waals surface area (Å²) in [6, 6.07) is 11.5. The van der Waals surface area contributed by atoms with E-state index >= 15 is 0 Å². The molecule has 1 fully saturated rings. The van der Waals surface area contributed by atoms with Crippen LogP contribution in [0.4, 0.5) is 10.1 Å². The second-order valence-corrected chi connectivity index (χ2v) is 7.42. The highest BCUT2D eigenvalue weighted by Gasteiger charge is 2.42. The van der Waals surface area contributed by atoms with Crippen LogP contribution in [0.3, 0.4) is 0 Å². The van der Waals surface area contributed by atoms with Crippen LogP contribution < -0.4 is 5.32 Å². The van der Waals surface area contributed by atoms with Gasteiger partial charge in [-0.3, -0.25) is 0 Å². The first kappa shape index (κ1) is 14.5. The Morgan fingerprint density at radius 3 is 3.00 bits per heavy atom. The molecule has 3 heterocycles. The van der Waals surface area contributed by atoms with Crippen molar-refractivity contribution in [3.8, 4) is 0 Å². The number of para-hydroxylation sites is 1. The molecule has 2 N–H and O–H groups in total. The zero-order valence-corrected chi connectivity index (χ0v) is 14.4. The molecule has 0 amide bonds. The molecule has 0 aliphatic carbocycles. The lowest BCUT2D eigenvalue weighted by Gasteiger charge is -2.36. The van der Waals surface area contributed by atoms with E-state index in [4.69, 9.17) is 4.74 Å². The molecular weight excluding hydrogens is 371 g/mol. The quantitative estimate of drug-likeness (QED) is 0.594. The van der Waals surface area contributed by atoms with Crippen LogP contribution in [0.25, 0.3) is 10.9 Å². The minimum atomic E-state index is -0.215. The molecule has 2 aliphatic rings. The standard InChI is InChI=1S/C19H16BrFN2O/c20-10-4-5-16-13(8-10)14(9-22-16)17-12-6-7-24-19(12)11-2-1-3-15(21)18(11)23-17/h1-5,8-9,12,17,19,22-23H,6-7H2. The Hall–Kier alpha value is -1.85. The lowest BCUT2D eigenvalue weighted by atomic mass is 9.81. The second-order valence-electron chi connectivity index (χ2n) is 6.50. The minimum absolute atomic E-state index is 0.0324. The first-order chi connectivity index (χ1) is 11.7. The third-order valence-corrected chi connectivity index (χ3v) is 5.72. The van der Waals surface area contributed by atoms with Crippen molar-refractivity contribution in [3.63, 3.8) is 0 Å². The van der Waals surface area contributed by atoms with Gasteiger partial charge in [0.15, 0.2) is 0 Å². The lowest BCUT2D eigenvalue weighted by Crippen LogP contribution is -2.29. The lowest BCUT2D eigenvalue weighted by molar-refractivity contribution is 0.0826. The fourth-order valence-electron chi connectivity index (χ4n) is 4.14. The smallest absolute Gasteiger partial charge is 0.146 e. The van der Waals surface area contributed by atoms with Gasteiger partial charge in [0.05, 0.1) is 17.8 Å². The number of benzene rings is 2. The zero-order valence-electron chi connectivity index (χ0n) is 12.9. The number of fused-ring (bicyclic) bond motifs is 4. The Morgan fingerprint density at radius 1 is 1.17 bits per heavy atom. The molecule has 3 aromatic rings. The maximum absolute atomic E-state index is 14.4. The van der Waals surface area contributed by atoms with Gasteiger partial charge in [-0.15, -0.1) is 0 Å². The van der Waals surface area contributed by atoms with Crippen molar-refractivity contribution in [2.45, 2.75) is 18.6 Å². The van der Waals surface area contributed by atoms with Crippen LogP contribution >= 0.6 is 15.9 Å². The van der Waals surface area contributed by atoms with Gasteiger partial charge in [-0.25, -0.2) is 4.39 Å². The van der Waals surface area contributed by atoms with Crippen LogP contribution in [0.2, 0.25) is 0 Å². The van der Waals surface area contributed by atoms with E-state index < -0.39 is 0 Å². The molecule has 0 radical (unpaired) electrons. The zero-order chi connectivity index (χ0) is 16.3. The van der Waals surface area contributed by atoms with Gasteiger partial charge in [-0.2, -0.15) is 0 Å². The highest BCUT2D eigenvalue weighted by Crippen LogP contribution is 2.51. The molecular formula is C19H16BrFN2O. The van der Waals surface area contributed by atoms with Crippen molar-refractivity contribution in [1.29, 1.82) is 0 Å². The summed E-state index contributed by atoms with van der Waals surface area (Å²) in [5.74, 6) is 0.0877. The molecule has 0 saturated carbocycles. The van der Waals surface area contributed by atoms with Crippen LogP contribution in [0, 0.1) is 11.7 Å². The second kappa shape index (κ2) is 5.33. The molecule has 2 aromatic carbocycles. The van der Waals surface area contributed by atoms with Crippen molar-refractivity contribution in [2.75, 3.05) is 11.9 Å². The number of halogens is 2. The van der Waals surface area contributed by atoms with Gasteiger partial charge in [-0.1, -0.05) is 28.1 Å². The fraction of sp³-hybridized carbons (Fsp3) is 0.263. The van der Waals surface area contributed by atoms with E-state index in [0.29, 0.717) is 11.6 Å². The third-order valence-electron chi connectivity index (χ3n) is 5.23. The molecule has 1 saturated heterocycles. The summed E-state index contributed by atoms with van der Waals surface area (Å²) >= 11 is 3.55. The van der Waals surface area contributed by atoms with Crippen LogP contribution in [0.5, 0.6) is 0 Å². The number of nitrogens with one attached hydrogen (secondary N) is 2. The Kier molecular flexibility index (Phi) is 3.22. The third kappa shape index (κ3) is 2.04. The van der Waals surface area contributed by atoms with Gasteiger partial charge < -0.3 is 15.0 Å². The Bertz CT molecular complexity index is 938. The predicted octanol–water partition coefficient (Wildman–Crippen LogP) is 5.31. The van der Waals surface area contributed by atoms with Crippen LogP contribution in [-0.4, -0.2) is 11.6 Å². The van der Waals surface area contributed by atoms with Gasteiger partial charge in [0.25, 0.3) is 0 Å². The average Bonchev–Trinajstić information content (AvgIpc) is 3.21. The molecule has 0 bridgehead atoms. The summed E-state index contributed by atoms with van der Waals surface area (Å²) in [5.41, 5.74) is 3.77. The SMILES string of the molecule is Fc1cccc2c1NC(c1c[nH]c3ccc(Br)cc13)C1CCOC21. The fourth-order valence-corrected chi connectivity index (χ4v) is 4.50. The van der Waals surface area contributed by atoms with Gasteiger partial charge in [0, 0.05) is 45.2 Å². The molecule has 24 heavy (non-hydrogen) atoms. The number of anilines is 1. The number of aromatic amines is 1. The maximum Gasteiger partial charge on any atom is 0.146 e. The molecule has 3 unspecified atom stereocenters. The van der Waals surface area contributed by atoms with Gasteiger partial charge in [0.1, 0.15) is 5.82 Å². The van der Waals surface area contributed by atoms with Crippen molar-refractivity contribution in [2.24, 2.45) is 5.92 Å². The van der Waals surface area contributed by atoms with Crippen molar-refractivity contribution in [3.05, 3.63) is 64.0 Å². The van der Waals surface area contributed by atoms with Crippen LogP contribution in [-0.2, 0) is 4.74 Å². The number of rotatable bonds is 1. The van der Waals surface area contributed by atoms with Gasteiger partial charge in [-0.05, 0) is 30.7 Å². The number of hydrogen-bond acceptors (Lipinski definition) is 2. The number of aromatic nitrogens is 1. The monoisotopic (exact) mass is 386 g/mol. The Labute approximate surface area is 147 Å². The summed E-state index contributed by atoms with van der Waals surface area (Å²) < 4.78 is 21.4. The molecule has 2 aliphatic heterocycles. The summed E-state index contributed by atoms with van der Waals surface area (Å²) in [5, 5.41) is 4.62. The van der Waals surface area contributed by atoms with E-state index in [1.807, 2.05) is 18.3 Å². The Morgan fingerprint density at radius 2 is 2.08 bits per heavy atom. The van der Waals surface area contributed by atoms with Crippen LogP contribution in [0.1, 0.15) is 29.7 Å². The number of H-pyrrole nitrogens is 1. The molecule has 3 atom stereocenters. The molecule has 5 rings (SSSR count). The normalized spacial score (nSPS) is 25.3. The highest BCUT2D eigenvalue weighted by atomic mass is 79.9. The first-order valence-electron chi connectivity index (χ1n) is 8.15. The van der Waals surface area contributed by atoms with Crippen molar-refractivity contribution < 1.29 is 9.13 Å². The van der Waals surface area contributed by atoms with E-state index in [-0.39, 0.29) is 18.0 Å². The summed E-state index contributed by atoms with van der Waals surface area (Å²) in [4.78, 5) is 3.34. The number of ether oxygens (including phenoxy) is 1. The molecule has 3 nitrogen and oxygen atoms in total. The Balaban J connectivity index is 1.68. The highest BCUT2D eigenvalue weighted by molar-refractivity contribution is 9.10.